The Morgan fingerprint density at radius 3 is 2.94 bits per heavy atom. The van der Waals surface area contributed by atoms with Crippen LogP contribution in [0.5, 0.6) is 0 Å². The maximum Gasteiger partial charge on any atom is 0.244 e. The minimum atomic E-state index is 0.530. The molecule has 0 bridgehead atoms. The summed E-state index contributed by atoms with van der Waals surface area (Å²) in [7, 11) is 0. The molecule has 0 unspecified atom stereocenters. The molecule has 1 heterocycles. The molecule has 0 saturated heterocycles. The maximum atomic E-state index is 4.41. The zero-order valence-electron chi connectivity index (χ0n) is 10.4. The highest BCUT2D eigenvalue weighted by atomic mass is 15.3. The second kappa shape index (κ2) is 6.37. The van der Waals surface area contributed by atoms with Gasteiger partial charge in [0.25, 0.3) is 0 Å². The first-order chi connectivity index (χ1) is 8.38. The summed E-state index contributed by atoms with van der Waals surface area (Å²) in [4.78, 5) is 4.41. The molecule has 1 aromatic heterocycles. The highest BCUT2D eigenvalue weighted by Gasteiger charge is 2.15. The van der Waals surface area contributed by atoms with Gasteiger partial charge in [0.2, 0.25) is 5.95 Å². The largest absolute Gasteiger partial charge is 0.369 e. The Labute approximate surface area is 102 Å². The standard InChI is InChI=1S/C12H21N5/c1-2-3-8-13-11-9-14-17-12(16-11)15-10-6-4-5-7-10/h9-10H,2-8H2,1H3,(H2,13,15,16,17). The highest BCUT2D eigenvalue weighted by Crippen LogP contribution is 2.20. The van der Waals surface area contributed by atoms with Gasteiger partial charge in [-0.2, -0.15) is 10.1 Å². The monoisotopic (exact) mass is 235 g/mol. The zero-order chi connectivity index (χ0) is 11.9. The van der Waals surface area contributed by atoms with E-state index in [2.05, 4.69) is 32.7 Å². The summed E-state index contributed by atoms with van der Waals surface area (Å²) >= 11 is 0. The number of nitrogens with zero attached hydrogens (tertiary/aromatic N) is 3. The van der Waals surface area contributed by atoms with Crippen molar-refractivity contribution >= 4 is 11.8 Å². The van der Waals surface area contributed by atoms with Crippen molar-refractivity contribution in [3.8, 4) is 0 Å². The summed E-state index contributed by atoms with van der Waals surface area (Å²) in [6.45, 7) is 3.12. The van der Waals surface area contributed by atoms with Crippen molar-refractivity contribution in [2.45, 2.75) is 51.5 Å². The first kappa shape index (κ1) is 12.1. The van der Waals surface area contributed by atoms with Crippen molar-refractivity contribution in [1.82, 2.24) is 15.2 Å². The summed E-state index contributed by atoms with van der Waals surface area (Å²) in [6, 6.07) is 0.530. The molecule has 0 atom stereocenters. The second-order valence-electron chi connectivity index (χ2n) is 4.57. The van der Waals surface area contributed by atoms with Crippen LogP contribution < -0.4 is 10.6 Å². The summed E-state index contributed by atoms with van der Waals surface area (Å²) < 4.78 is 0. The Morgan fingerprint density at radius 2 is 2.18 bits per heavy atom. The van der Waals surface area contributed by atoms with Crippen molar-refractivity contribution in [3.63, 3.8) is 0 Å². The molecule has 1 saturated carbocycles. The average molecular weight is 235 g/mol. The molecule has 0 radical (unpaired) electrons. The molecule has 0 aromatic carbocycles. The third-order valence-electron chi connectivity index (χ3n) is 3.08. The number of hydrogen-bond donors (Lipinski definition) is 2. The predicted octanol–water partition coefficient (Wildman–Crippen LogP) is 2.44. The van der Waals surface area contributed by atoms with Crippen LogP contribution in [0.25, 0.3) is 0 Å². The van der Waals surface area contributed by atoms with Gasteiger partial charge in [0.1, 0.15) is 5.82 Å². The molecule has 5 nitrogen and oxygen atoms in total. The normalized spacial score (nSPS) is 16.1. The number of nitrogens with one attached hydrogen (secondary N) is 2. The molecule has 2 N–H and O–H groups in total. The first-order valence-corrected chi connectivity index (χ1v) is 6.58. The molecule has 1 aliphatic rings. The van der Waals surface area contributed by atoms with Crippen LogP contribution in [-0.2, 0) is 0 Å². The van der Waals surface area contributed by atoms with Crippen molar-refractivity contribution in [3.05, 3.63) is 6.20 Å². The Balaban J connectivity index is 1.86. The Bertz CT molecular complexity index is 335. The van der Waals surface area contributed by atoms with E-state index in [0.717, 1.165) is 18.8 Å². The van der Waals surface area contributed by atoms with Crippen LogP contribution in [0.1, 0.15) is 45.4 Å². The van der Waals surface area contributed by atoms with E-state index < -0.39 is 0 Å². The number of anilines is 2. The van der Waals surface area contributed by atoms with E-state index in [1.165, 1.54) is 32.1 Å². The Hall–Kier alpha value is -1.39. The molecule has 5 heteroatoms. The second-order valence-corrected chi connectivity index (χ2v) is 4.57. The molecule has 1 aliphatic carbocycles. The fourth-order valence-corrected chi connectivity index (χ4v) is 2.10. The molecule has 1 aromatic rings. The molecular weight excluding hydrogens is 214 g/mol. The van der Waals surface area contributed by atoms with E-state index in [4.69, 9.17) is 0 Å². The van der Waals surface area contributed by atoms with E-state index in [1.807, 2.05) is 0 Å². The van der Waals surface area contributed by atoms with Gasteiger partial charge in [-0.1, -0.05) is 26.2 Å². The summed E-state index contributed by atoms with van der Waals surface area (Å²) in [5.41, 5.74) is 0. The molecule has 17 heavy (non-hydrogen) atoms. The van der Waals surface area contributed by atoms with Gasteiger partial charge in [0.05, 0.1) is 6.20 Å². The fraction of sp³-hybridized carbons (Fsp3) is 0.750. The van der Waals surface area contributed by atoms with Crippen LogP contribution in [0.3, 0.4) is 0 Å². The predicted molar refractivity (Wildman–Crippen MR) is 69.1 cm³/mol. The third-order valence-corrected chi connectivity index (χ3v) is 3.08. The lowest BCUT2D eigenvalue weighted by Crippen LogP contribution is -2.17. The van der Waals surface area contributed by atoms with Gasteiger partial charge < -0.3 is 10.6 Å². The Morgan fingerprint density at radius 1 is 1.35 bits per heavy atom. The summed E-state index contributed by atoms with van der Waals surface area (Å²) in [6.07, 6.45) is 9.05. The van der Waals surface area contributed by atoms with Crippen LogP contribution >= 0.6 is 0 Å². The third kappa shape index (κ3) is 3.84. The quantitative estimate of drug-likeness (QED) is 0.741. The minimum absolute atomic E-state index is 0.530. The van der Waals surface area contributed by atoms with Crippen molar-refractivity contribution in [2.24, 2.45) is 0 Å². The number of aromatic nitrogens is 3. The van der Waals surface area contributed by atoms with Gasteiger partial charge >= 0.3 is 0 Å². The lowest BCUT2D eigenvalue weighted by Gasteiger charge is -2.11. The van der Waals surface area contributed by atoms with E-state index in [-0.39, 0.29) is 0 Å². The number of unbranched alkanes of at least 4 members (excludes halogenated alkanes) is 1. The fourth-order valence-electron chi connectivity index (χ4n) is 2.10. The molecule has 1 fully saturated rings. The van der Waals surface area contributed by atoms with Crippen molar-refractivity contribution < 1.29 is 0 Å². The molecule has 0 amide bonds. The maximum absolute atomic E-state index is 4.41. The van der Waals surface area contributed by atoms with Gasteiger partial charge in [0, 0.05) is 12.6 Å². The highest BCUT2D eigenvalue weighted by molar-refractivity contribution is 5.37. The van der Waals surface area contributed by atoms with Gasteiger partial charge in [-0.25, -0.2) is 0 Å². The van der Waals surface area contributed by atoms with Crippen LogP contribution in [0, 0.1) is 0 Å². The van der Waals surface area contributed by atoms with Crippen LogP contribution in [0.2, 0.25) is 0 Å². The minimum Gasteiger partial charge on any atom is -0.369 e. The smallest absolute Gasteiger partial charge is 0.244 e. The van der Waals surface area contributed by atoms with E-state index in [1.54, 1.807) is 6.20 Å². The van der Waals surface area contributed by atoms with E-state index >= 15 is 0 Å². The van der Waals surface area contributed by atoms with Crippen LogP contribution in [0.4, 0.5) is 11.8 Å². The molecule has 94 valence electrons. The average Bonchev–Trinajstić information content (AvgIpc) is 2.83. The molecular formula is C12H21N5. The van der Waals surface area contributed by atoms with E-state index in [9.17, 15) is 0 Å². The van der Waals surface area contributed by atoms with Crippen molar-refractivity contribution in [2.75, 3.05) is 17.2 Å². The van der Waals surface area contributed by atoms with Crippen LogP contribution in [-0.4, -0.2) is 27.8 Å². The topological polar surface area (TPSA) is 62.7 Å². The van der Waals surface area contributed by atoms with Gasteiger partial charge in [0.15, 0.2) is 0 Å². The SMILES string of the molecule is CCCCNc1cnnc(NC2CCCC2)n1. The molecule has 0 spiro atoms. The Kier molecular flexibility index (Phi) is 4.53. The summed E-state index contributed by atoms with van der Waals surface area (Å²) in [5, 5.41) is 14.6. The van der Waals surface area contributed by atoms with Crippen molar-refractivity contribution in [1.29, 1.82) is 0 Å². The molecule has 0 aliphatic heterocycles. The van der Waals surface area contributed by atoms with Crippen LogP contribution in [0.15, 0.2) is 6.20 Å². The van der Waals surface area contributed by atoms with E-state index in [0.29, 0.717) is 12.0 Å². The van der Waals surface area contributed by atoms with Gasteiger partial charge in [-0.3, -0.25) is 0 Å². The lowest BCUT2D eigenvalue weighted by atomic mass is 10.3. The number of hydrogen-bond acceptors (Lipinski definition) is 5. The number of rotatable bonds is 6. The molecule has 2 rings (SSSR count). The van der Waals surface area contributed by atoms with Gasteiger partial charge in [-0.15, -0.1) is 5.10 Å². The first-order valence-electron chi connectivity index (χ1n) is 6.58. The lowest BCUT2D eigenvalue weighted by molar-refractivity contribution is 0.737. The summed E-state index contributed by atoms with van der Waals surface area (Å²) in [5.74, 6) is 1.47. The van der Waals surface area contributed by atoms with Gasteiger partial charge in [-0.05, 0) is 19.3 Å². The zero-order valence-corrected chi connectivity index (χ0v) is 10.4.